The van der Waals surface area contributed by atoms with Crippen molar-refractivity contribution >= 4 is 11.7 Å². The molecular weight excluding hydrogens is 566 g/mol. The van der Waals surface area contributed by atoms with Gasteiger partial charge in [0.1, 0.15) is 17.2 Å². The quantitative estimate of drug-likeness (QED) is 0.188. The fourth-order valence-corrected chi connectivity index (χ4v) is 5.25. The average Bonchev–Trinajstić information content (AvgIpc) is 3.22. The molecule has 0 aliphatic heterocycles. The van der Waals surface area contributed by atoms with Gasteiger partial charge in [-0.15, -0.1) is 0 Å². The summed E-state index contributed by atoms with van der Waals surface area (Å²) in [6, 6.07) is 19.1. The molecule has 8 nitrogen and oxygen atoms in total. The van der Waals surface area contributed by atoms with Crippen LogP contribution in [0.15, 0.2) is 77.6 Å². The molecule has 1 amide bonds. The number of para-hydroxylation sites is 1. The summed E-state index contributed by atoms with van der Waals surface area (Å²) in [5.41, 5.74) is 3.09. The Kier molecular flexibility index (Phi) is 11.0. The molecule has 0 unspecified atom stereocenters. The number of ketones is 1. The first-order chi connectivity index (χ1) is 21.1. The molecule has 1 aromatic heterocycles. The molecular formula is C34H38F2N4O4. The molecule has 0 saturated carbocycles. The van der Waals surface area contributed by atoms with Crippen molar-refractivity contribution in [2.75, 3.05) is 6.54 Å². The Morgan fingerprint density at radius 3 is 2.27 bits per heavy atom. The van der Waals surface area contributed by atoms with E-state index in [2.05, 4.69) is 23.6 Å². The SMILES string of the molecule is CCc1cccc(CNC[C@H](O)[C@H](Cc2cc(F)cc(F)c2)NC(=O)CCC(=O)c2c(C)n(C)n(-c3ccccc3)c2=O)c1. The average molecular weight is 605 g/mol. The summed E-state index contributed by atoms with van der Waals surface area (Å²) < 4.78 is 30.8. The Labute approximate surface area is 255 Å². The number of hydrogen-bond donors (Lipinski definition) is 3. The summed E-state index contributed by atoms with van der Waals surface area (Å²) in [6.45, 7) is 4.31. The van der Waals surface area contributed by atoms with Crippen molar-refractivity contribution in [2.45, 2.75) is 58.2 Å². The van der Waals surface area contributed by atoms with Gasteiger partial charge in [-0.2, -0.15) is 0 Å². The molecule has 232 valence electrons. The van der Waals surface area contributed by atoms with Crippen LogP contribution in [-0.4, -0.2) is 44.9 Å². The van der Waals surface area contributed by atoms with Gasteiger partial charge in [-0.1, -0.05) is 49.4 Å². The Morgan fingerprint density at radius 2 is 1.59 bits per heavy atom. The summed E-state index contributed by atoms with van der Waals surface area (Å²) in [6.07, 6.45) is -0.725. The summed E-state index contributed by atoms with van der Waals surface area (Å²) >= 11 is 0. The summed E-state index contributed by atoms with van der Waals surface area (Å²) in [5, 5.41) is 16.9. The highest BCUT2D eigenvalue weighted by Crippen LogP contribution is 2.15. The highest BCUT2D eigenvalue weighted by molar-refractivity contribution is 5.98. The number of aromatic nitrogens is 2. The van der Waals surface area contributed by atoms with E-state index in [0.717, 1.165) is 30.2 Å². The van der Waals surface area contributed by atoms with Gasteiger partial charge in [0, 0.05) is 44.7 Å². The van der Waals surface area contributed by atoms with Gasteiger partial charge < -0.3 is 15.7 Å². The number of Topliss-reactive ketones (excluding diaryl/α,β-unsaturated/α-hetero) is 1. The molecule has 0 fully saturated rings. The first kappa shape index (κ1) is 32.5. The molecule has 0 aliphatic carbocycles. The van der Waals surface area contributed by atoms with E-state index in [4.69, 9.17) is 0 Å². The summed E-state index contributed by atoms with van der Waals surface area (Å²) in [7, 11) is 1.68. The van der Waals surface area contributed by atoms with Crippen LogP contribution in [0.5, 0.6) is 0 Å². The van der Waals surface area contributed by atoms with Gasteiger partial charge >= 0.3 is 0 Å². The predicted octanol–water partition coefficient (Wildman–Crippen LogP) is 4.17. The minimum absolute atomic E-state index is 0.00677. The van der Waals surface area contributed by atoms with E-state index in [1.165, 1.54) is 10.2 Å². The van der Waals surface area contributed by atoms with E-state index in [1.807, 2.05) is 24.3 Å². The number of halogens is 2. The molecule has 3 aromatic carbocycles. The zero-order chi connectivity index (χ0) is 31.8. The van der Waals surface area contributed by atoms with Crippen molar-refractivity contribution in [1.29, 1.82) is 0 Å². The largest absolute Gasteiger partial charge is 0.390 e. The first-order valence-corrected chi connectivity index (χ1v) is 14.7. The topological polar surface area (TPSA) is 105 Å². The zero-order valence-electron chi connectivity index (χ0n) is 25.1. The number of benzene rings is 3. The number of hydrogen-bond acceptors (Lipinski definition) is 5. The zero-order valence-corrected chi connectivity index (χ0v) is 25.1. The van der Waals surface area contributed by atoms with E-state index in [0.29, 0.717) is 17.9 Å². The monoisotopic (exact) mass is 604 g/mol. The van der Waals surface area contributed by atoms with Gasteiger partial charge in [-0.25, -0.2) is 13.5 Å². The van der Waals surface area contributed by atoms with Crippen LogP contribution < -0.4 is 16.2 Å². The fraction of sp³-hybridized carbons (Fsp3) is 0.324. The van der Waals surface area contributed by atoms with Crippen molar-refractivity contribution in [3.05, 3.63) is 123 Å². The Hall–Kier alpha value is -4.41. The van der Waals surface area contributed by atoms with E-state index < -0.39 is 41.0 Å². The number of nitrogens with one attached hydrogen (secondary N) is 2. The number of nitrogens with zero attached hydrogens (tertiary/aromatic N) is 2. The Bertz CT molecular complexity index is 1650. The molecule has 0 aliphatic rings. The van der Waals surface area contributed by atoms with E-state index >= 15 is 0 Å². The number of rotatable bonds is 14. The van der Waals surface area contributed by atoms with Crippen molar-refractivity contribution in [1.82, 2.24) is 20.0 Å². The lowest BCUT2D eigenvalue weighted by Crippen LogP contribution is -2.48. The standard InChI is InChI=1S/C34H38F2N4O4/c1-4-23-9-8-10-24(15-23)20-37-21-31(42)29(18-25-16-26(35)19-27(36)17-25)38-32(43)14-13-30(41)33-22(2)39(3)40(34(33)44)28-11-6-5-7-12-28/h5-12,15-17,19,29,31,37,42H,4,13-14,18,20-21H2,1-3H3,(H,38,43)/t29-,31-/m0/s1. The molecule has 10 heteroatoms. The molecule has 44 heavy (non-hydrogen) atoms. The normalized spacial score (nSPS) is 12.6. The number of aryl methyl sites for hydroxylation is 1. The van der Waals surface area contributed by atoms with E-state index in [1.54, 1.807) is 42.9 Å². The summed E-state index contributed by atoms with van der Waals surface area (Å²) in [5.74, 6) is -2.54. The molecule has 0 spiro atoms. The fourth-order valence-electron chi connectivity index (χ4n) is 5.25. The third-order valence-electron chi connectivity index (χ3n) is 7.68. The van der Waals surface area contributed by atoms with Crippen LogP contribution in [0.4, 0.5) is 8.78 Å². The number of aliphatic hydroxyl groups excluding tert-OH is 1. The number of carbonyl (C=O) groups excluding carboxylic acids is 2. The lowest BCUT2D eigenvalue weighted by Gasteiger charge is -2.25. The molecule has 4 rings (SSSR count). The van der Waals surface area contributed by atoms with Crippen LogP contribution >= 0.6 is 0 Å². The summed E-state index contributed by atoms with van der Waals surface area (Å²) in [4.78, 5) is 39.3. The molecule has 0 saturated heterocycles. The number of carbonyl (C=O) groups is 2. The van der Waals surface area contributed by atoms with Crippen LogP contribution in [0.3, 0.4) is 0 Å². The maximum atomic E-state index is 13.9. The van der Waals surface area contributed by atoms with E-state index in [9.17, 15) is 28.3 Å². The van der Waals surface area contributed by atoms with Crippen LogP contribution in [0.2, 0.25) is 0 Å². The first-order valence-electron chi connectivity index (χ1n) is 14.7. The van der Waals surface area contributed by atoms with Gasteiger partial charge in [-0.05, 0) is 60.7 Å². The predicted molar refractivity (Wildman–Crippen MR) is 165 cm³/mol. The minimum Gasteiger partial charge on any atom is -0.390 e. The van der Waals surface area contributed by atoms with Crippen molar-refractivity contribution < 1.29 is 23.5 Å². The molecule has 0 bridgehead atoms. The Balaban J connectivity index is 1.43. The van der Waals surface area contributed by atoms with Gasteiger partial charge in [0.25, 0.3) is 5.56 Å². The smallest absolute Gasteiger partial charge is 0.282 e. The lowest BCUT2D eigenvalue weighted by atomic mass is 10.00. The highest BCUT2D eigenvalue weighted by Gasteiger charge is 2.25. The Morgan fingerprint density at radius 1 is 0.909 bits per heavy atom. The number of aliphatic hydroxyl groups is 1. The second-order valence-corrected chi connectivity index (χ2v) is 10.9. The number of amides is 1. The van der Waals surface area contributed by atoms with Crippen molar-refractivity contribution in [2.24, 2.45) is 7.05 Å². The highest BCUT2D eigenvalue weighted by atomic mass is 19.1. The lowest BCUT2D eigenvalue weighted by molar-refractivity contribution is -0.122. The van der Waals surface area contributed by atoms with Crippen LogP contribution in [-0.2, 0) is 31.2 Å². The second kappa shape index (κ2) is 14.9. The van der Waals surface area contributed by atoms with E-state index in [-0.39, 0.29) is 36.9 Å². The van der Waals surface area contributed by atoms with Crippen molar-refractivity contribution in [3.63, 3.8) is 0 Å². The molecule has 0 radical (unpaired) electrons. The van der Waals surface area contributed by atoms with Gasteiger partial charge in [0.15, 0.2) is 5.78 Å². The van der Waals surface area contributed by atoms with Crippen LogP contribution in [0.25, 0.3) is 5.69 Å². The second-order valence-electron chi connectivity index (χ2n) is 10.9. The van der Waals surface area contributed by atoms with Crippen LogP contribution in [0, 0.1) is 18.6 Å². The third kappa shape index (κ3) is 8.15. The van der Waals surface area contributed by atoms with Crippen molar-refractivity contribution in [3.8, 4) is 5.69 Å². The van der Waals surface area contributed by atoms with Gasteiger partial charge in [-0.3, -0.25) is 19.1 Å². The molecule has 2 atom stereocenters. The molecule has 1 heterocycles. The minimum atomic E-state index is -1.11. The maximum absolute atomic E-state index is 13.9. The molecule has 3 N–H and O–H groups in total. The van der Waals surface area contributed by atoms with Crippen LogP contribution in [0.1, 0.15) is 52.5 Å². The molecule has 4 aromatic rings. The van der Waals surface area contributed by atoms with Gasteiger partial charge in [0.05, 0.1) is 17.8 Å². The maximum Gasteiger partial charge on any atom is 0.282 e. The van der Waals surface area contributed by atoms with Gasteiger partial charge in [0.2, 0.25) is 5.91 Å². The third-order valence-corrected chi connectivity index (χ3v) is 7.68.